The van der Waals surface area contributed by atoms with Gasteiger partial charge in [-0.3, -0.25) is 0 Å². The first-order valence-corrected chi connectivity index (χ1v) is 11.9. The number of rotatable bonds is 6. The molecular weight excluding hydrogens is 576 g/mol. The lowest BCUT2D eigenvalue weighted by atomic mass is 10.1. The third-order valence-electron chi connectivity index (χ3n) is 3.62. The van der Waals surface area contributed by atoms with Crippen molar-refractivity contribution in [3.63, 3.8) is 0 Å². The zero-order valence-corrected chi connectivity index (χ0v) is 21.0. The van der Waals surface area contributed by atoms with Gasteiger partial charge in [-0.25, -0.2) is 0 Å². The monoisotopic (exact) mass is 596 g/mol. The molecule has 0 spiro atoms. The van der Waals surface area contributed by atoms with E-state index >= 15 is 0 Å². The highest BCUT2D eigenvalue weighted by Crippen LogP contribution is 2.47. The Balaban J connectivity index is 0.00000308. The molecular formula is C21H20F12O2S2. The van der Waals surface area contributed by atoms with Crippen molar-refractivity contribution >= 4 is 24.1 Å². The molecule has 0 radical (unpaired) electrons. The van der Waals surface area contributed by atoms with E-state index in [1.54, 1.807) is 0 Å². The molecule has 0 aliphatic rings. The molecule has 2 aromatic rings. The van der Waals surface area contributed by atoms with E-state index in [-0.39, 0.29) is 36.2 Å². The van der Waals surface area contributed by atoms with E-state index < -0.39 is 63.5 Å². The summed E-state index contributed by atoms with van der Waals surface area (Å²) in [6.07, 6.45) is -21.6. The predicted octanol–water partition coefficient (Wildman–Crippen LogP) is 10.5. The first-order chi connectivity index (χ1) is 16.9. The highest BCUT2D eigenvalue weighted by molar-refractivity contribution is 8.12. The number of hydrogen-bond acceptors (Lipinski definition) is 4. The molecule has 0 unspecified atom stereocenters. The van der Waals surface area contributed by atoms with Gasteiger partial charge in [0.15, 0.2) is 0 Å². The topological polar surface area (TPSA) is 18.5 Å². The zero-order chi connectivity index (χ0) is 29.2. The van der Waals surface area contributed by atoms with E-state index in [1.807, 2.05) is 27.7 Å². The smallest absolute Gasteiger partial charge is 0.420 e. The summed E-state index contributed by atoms with van der Waals surface area (Å²) in [4.78, 5) is 0. The van der Waals surface area contributed by atoms with Crippen molar-refractivity contribution in [1.29, 1.82) is 0 Å². The van der Waals surface area contributed by atoms with Crippen molar-refractivity contribution in [3.8, 4) is 11.5 Å². The van der Waals surface area contributed by atoms with Crippen LogP contribution < -0.4 is 8.37 Å². The second-order valence-electron chi connectivity index (χ2n) is 5.87. The molecule has 0 aliphatic carbocycles. The molecule has 0 atom stereocenters. The van der Waals surface area contributed by atoms with E-state index in [4.69, 9.17) is 0 Å². The lowest BCUT2D eigenvalue weighted by molar-refractivity contribution is -0.162. The van der Waals surface area contributed by atoms with E-state index in [0.717, 1.165) is 0 Å². The van der Waals surface area contributed by atoms with Gasteiger partial charge in [0.25, 0.3) is 0 Å². The number of alkyl halides is 12. The molecule has 212 valence electrons. The molecule has 0 N–H and O–H groups in total. The van der Waals surface area contributed by atoms with Gasteiger partial charge in [-0.1, -0.05) is 39.8 Å². The lowest BCUT2D eigenvalue weighted by Crippen LogP contribution is -2.17. The van der Waals surface area contributed by atoms with Crippen LogP contribution in [0, 0.1) is 0 Å². The van der Waals surface area contributed by atoms with Crippen molar-refractivity contribution in [2.45, 2.75) is 52.4 Å². The first kappa shape index (κ1) is 34.9. The largest absolute Gasteiger partial charge is 0.424 e. The normalized spacial score (nSPS) is 12.1. The van der Waals surface area contributed by atoms with Gasteiger partial charge in [0.1, 0.15) is 27.7 Å². The van der Waals surface area contributed by atoms with Gasteiger partial charge >= 0.3 is 24.7 Å². The summed E-state index contributed by atoms with van der Waals surface area (Å²) in [7, 11) is 0. The van der Waals surface area contributed by atoms with Gasteiger partial charge in [0.2, 0.25) is 0 Å². The van der Waals surface area contributed by atoms with Gasteiger partial charge in [-0.2, -0.15) is 52.7 Å². The van der Waals surface area contributed by atoms with Crippen LogP contribution in [0.25, 0.3) is 0 Å². The highest BCUT2D eigenvalue weighted by Gasteiger charge is 2.46. The van der Waals surface area contributed by atoms with Crippen LogP contribution in [-0.2, 0) is 24.7 Å². The minimum absolute atomic E-state index is 0.0654. The average molecular weight is 596 g/mol. The Morgan fingerprint density at radius 1 is 0.514 bits per heavy atom. The standard InChI is InChI=1S/C17H8F12O2S2.2C2H6/c18-14(19,20)8-3-1-5-10(12(8)16(24,25)26)30-32-7-33-31-11-6-2-4-9(15(21,22)23)13(11)17(27,28)29;2*1-2/h1-6H,7H2;2*1-2H3. The molecule has 0 bridgehead atoms. The van der Waals surface area contributed by atoms with Crippen molar-refractivity contribution in [2.24, 2.45) is 0 Å². The van der Waals surface area contributed by atoms with Crippen LogP contribution in [0.15, 0.2) is 36.4 Å². The molecule has 0 saturated carbocycles. The zero-order valence-electron chi connectivity index (χ0n) is 19.3. The molecule has 37 heavy (non-hydrogen) atoms. The van der Waals surface area contributed by atoms with E-state index in [2.05, 4.69) is 8.37 Å². The summed E-state index contributed by atoms with van der Waals surface area (Å²) >= 11 is 0.131. The van der Waals surface area contributed by atoms with Gasteiger partial charge in [-0.05, 0) is 24.3 Å². The predicted molar refractivity (Wildman–Crippen MR) is 117 cm³/mol. The fourth-order valence-corrected chi connectivity index (χ4v) is 3.53. The maximum Gasteiger partial charge on any atom is 0.420 e. The van der Waals surface area contributed by atoms with Crippen LogP contribution >= 0.6 is 24.1 Å². The molecule has 2 nitrogen and oxygen atoms in total. The molecule has 2 aromatic carbocycles. The van der Waals surface area contributed by atoms with Crippen LogP contribution in [0.4, 0.5) is 52.7 Å². The van der Waals surface area contributed by atoms with Crippen LogP contribution in [0.3, 0.4) is 0 Å². The molecule has 0 saturated heterocycles. The fourth-order valence-electron chi connectivity index (χ4n) is 2.45. The summed E-state index contributed by atoms with van der Waals surface area (Å²) in [6, 6.07) is 2.84. The lowest BCUT2D eigenvalue weighted by Gasteiger charge is -2.19. The summed E-state index contributed by atoms with van der Waals surface area (Å²) in [5.74, 6) is -2.45. The van der Waals surface area contributed by atoms with Gasteiger partial charge in [0.05, 0.1) is 35.2 Å². The summed E-state index contributed by atoms with van der Waals surface area (Å²) in [5.41, 5.74) is -8.27. The van der Waals surface area contributed by atoms with Gasteiger partial charge < -0.3 is 8.37 Å². The molecule has 16 heteroatoms. The highest BCUT2D eigenvalue weighted by atomic mass is 32.2. The summed E-state index contributed by atoms with van der Waals surface area (Å²) in [5, 5.41) is -0.624. The first-order valence-electron chi connectivity index (χ1n) is 10.1. The quantitative estimate of drug-likeness (QED) is 0.143. The molecule has 0 aliphatic heterocycles. The Labute approximate surface area is 213 Å². The molecule has 0 amide bonds. The van der Waals surface area contributed by atoms with E-state index in [1.165, 1.54) is 0 Å². The second kappa shape index (κ2) is 14.2. The third-order valence-corrected chi connectivity index (χ3v) is 4.99. The SMILES string of the molecule is CC.CC.FC(F)(F)c1cccc(OSCSOc2cccc(C(F)(F)F)c2C(F)(F)F)c1C(F)(F)F. The minimum atomic E-state index is -5.45. The van der Waals surface area contributed by atoms with Crippen LogP contribution in [0.5, 0.6) is 11.5 Å². The molecule has 2 rings (SSSR count). The molecule has 0 fully saturated rings. The van der Waals surface area contributed by atoms with Crippen molar-refractivity contribution in [2.75, 3.05) is 5.08 Å². The number of hydrogen-bond donors (Lipinski definition) is 0. The fraction of sp³-hybridized carbons (Fsp3) is 0.429. The third kappa shape index (κ3) is 10.3. The summed E-state index contributed by atoms with van der Waals surface area (Å²) < 4.78 is 165. The van der Waals surface area contributed by atoms with E-state index in [9.17, 15) is 52.7 Å². The Hall–Kier alpha value is -2.10. The maximum absolute atomic E-state index is 13.1. The molecule has 0 aromatic heterocycles. The van der Waals surface area contributed by atoms with Crippen molar-refractivity contribution in [3.05, 3.63) is 58.7 Å². The second-order valence-corrected chi connectivity index (χ2v) is 7.62. The minimum Gasteiger partial charge on any atom is -0.424 e. The maximum atomic E-state index is 13.1. The van der Waals surface area contributed by atoms with E-state index in [0.29, 0.717) is 24.3 Å². The van der Waals surface area contributed by atoms with Crippen molar-refractivity contribution in [1.82, 2.24) is 0 Å². The Morgan fingerprint density at radius 2 is 0.811 bits per heavy atom. The number of benzene rings is 2. The molecule has 0 heterocycles. The van der Waals surface area contributed by atoms with Gasteiger partial charge in [0, 0.05) is 0 Å². The van der Waals surface area contributed by atoms with Crippen LogP contribution in [0.1, 0.15) is 49.9 Å². The van der Waals surface area contributed by atoms with Crippen LogP contribution in [0.2, 0.25) is 0 Å². The Kier molecular flexibility index (Phi) is 13.4. The van der Waals surface area contributed by atoms with Gasteiger partial charge in [-0.15, -0.1) is 0 Å². The number of halogens is 12. The average Bonchev–Trinajstić information content (AvgIpc) is 2.78. The van der Waals surface area contributed by atoms with Crippen LogP contribution in [-0.4, -0.2) is 5.08 Å². The Morgan fingerprint density at radius 3 is 1.05 bits per heavy atom. The Bertz CT molecular complexity index is 890. The van der Waals surface area contributed by atoms with Crippen molar-refractivity contribution < 1.29 is 61.1 Å². The summed E-state index contributed by atoms with van der Waals surface area (Å²) in [6.45, 7) is 8.00.